The van der Waals surface area contributed by atoms with E-state index in [0.717, 1.165) is 42.5 Å². The fourth-order valence-electron chi connectivity index (χ4n) is 8.42. The van der Waals surface area contributed by atoms with Gasteiger partial charge >= 0.3 is 0 Å². The molecule has 2 aromatic rings. The number of carbonyl (C=O) groups is 2. The number of hydrogen-bond donors (Lipinski definition) is 4. The summed E-state index contributed by atoms with van der Waals surface area (Å²) in [7, 11) is 4.09. The van der Waals surface area contributed by atoms with Crippen molar-refractivity contribution < 1.29 is 24.6 Å². The van der Waals surface area contributed by atoms with Crippen molar-refractivity contribution in [1.82, 2.24) is 20.6 Å². The van der Waals surface area contributed by atoms with Gasteiger partial charge in [-0.05, 0) is 111 Å². The van der Waals surface area contributed by atoms with Gasteiger partial charge in [0.1, 0.15) is 12.1 Å². The minimum Gasteiger partial charge on any atom is -0.394 e. The van der Waals surface area contributed by atoms with E-state index in [2.05, 4.69) is 36.3 Å². The van der Waals surface area contributed by atoms with E-state index in [1.165, 1.54) is 6.42 Å². The summed E-state index contributed by atoms with van der Waals surface area (Å²) in [6, 6.07) is 14.9. The number of hydroxylamine groups is 2. The topological polar surface area (TPSA) is 114 Å². The third kappa shape index (κ3) is 7.15. The molecule has 2 aromatic carbocycles. The van der Waals surface area contributed by atoms with Crippen LogP contribution < -0.4 is 10.6 Å². The zero-order valence-electron chi connectivity index (χ0n) is 29.3. The smallest absolute Gasteiger partial charge is 0.251 e. The molecule has 4 N–H and O–H groups in total. The molecule has 6 rings (SSSR count). The Balaban J connectivity index is 1.31. The summed E-state index contributed by atoms with van der Waals surface area (Å²) >= 11 is 0. The van der Waals surface area contributed by atoms with E-state index in [9.17, 15) is 19.8 Å². The number of nitrogens with zero attached hydrogens (tertiary/aromatic N) is 2. The van der Waals surface area contributed by atoms with Crippen molar-refractivity contribution in [3.05, 3.63) is 59.7 Å². The van der Waals surface area contributed by atoms with E-state index < -0.39 is 23.7 Å². The molecular formula is C38H56N4O5. The molecule has 2 amide bonds. The van der Waals surface area contributed by atoms with Crippen LogP contribution in [0.25, 0.3) is 11.1 Å². The summed E-state index contributed by atoms with van der Waals surface area (Å²) in [5.74, 6) is 1.28. The quantitative estimate of drug-likeness (QED) is 0.237. The third-order valence-electron chi connectivity index (χ3n) is 11.9. The van der Waals surface area contributed by atoms with Crippen LogP contribution in [0.4, 0.5) is 0 Å². The first-order valence-electron chi connectivity index (χ1n) is 17.4. The van der Waals surface area contributed by atoms with Gasteiger partial charge in [0.05, 0.1) is 24.7 Å². The first-order valence-corrected chi connectivity index (χ1v) is 17.4. The number of fused-ring (bicyclic) bond motifs is 2. The fraction of sp³-hybridized carbons (Fsp3) is 0.632. The minimum absolute atomic E-state index is 0.0680. The van der Waals surface area contributed by atoms with Gasteiger partial charge in [0.2, 0.25) is 5.91 Å². The van der Waals surface area contributed by atoms with Crippen LogP contribution in [0.15, 0.2) is 48.5 Å². The molecule has 9 nitrogen and oxygen atoms in total. The highest BCUT2D eigenvalue weighted by atomic mass is 16.7. The van der Waals surface area contributed by atoms with Crippen molar-refractivity contribution in [2.75, 3.05) is 33.8 Å². The Labute approximate surface area is 281 Å². The number of aliphatic hydroxyl groups is 2. The molecule has 1 saturated heterocycles. The maximum Gasteiger partial charge on any atom is 0.251 e. The van der Waals surface area contributed by atoms with Crippen LogP contribution in [0.2, 0.25) is 0 Å². The molecule has 4 fully saturated rings. The Kier molecular flexibility index (Phi) is 10.8. The average molecular weight is 649 g/mol. The van der Waals surface area contributed by atoms with Gasteiger partial charge in [-0.2, -0.15) is 5.06 Å². The largest absolute Gasteiger partial charge is 0.394 e. The zero-order valence-corrected chi connectivity index (χ0v) is 29.3. The van der Waals surface area contributed by atoms with Crippen LogP contribution in [0.1, 0.15) is 76.2 Å². The normalized spacial score (nSPS) is 30.5. The number of rotatable bonds is 13. The first kappa shape index (κ1) is 35.5. The van der Waals surface area contributed by atoms with Crippen LogP contribution in [0.3, 0.4) is 0 Å². The highest BCUT2D eigenvalue weighted by Gasteiger charge is 2.60. The lowest BCUT2D eigenvalue weighted by Gasteiger charge is -2.62. The molecule has 1 aliphatic heterocycles. The third-order valence-corrected chi connectivity index (χ3v) is 11.9. The molecule has 0 aromatic heterocycles. The predicted octanol–water partition coefficient (Wildman–Crippen LogP) is 4.48. The summed E-state index contributed by atoms with van der Waals surface area (Å²) in [6.07, 6.45) is 2.48. The monoisotopic (exact) mass is 648 g/mol. The van der Waals surface area contributed by atoms with Gasteiger partial charge in [0, 0.05) is 18.2 Å². The molecule has 9 heteroatoms. The lowest BCUT2D eigenvalue weighted by molar-refractivity contribution is -0.184. The molecule has 0 spiro atoms. The lowest BCUT2D eigenvalue weighted by Crippen LogP contribution is -2.63. The van der Waals surface area contributed by atoms with Crippen LogP contribution in [-0.4, -0.2) is 90.1 Å². The second-order valence-corrected chi connectivity index (χ2v) is 15.4. The van der Waals surface area contributed by atoms with Crippen LogP contribution in [-0.2, 0) is 16.2 Å². The number of amides is 2. The molecule has 258 valence electrons. The Morgan fingerprint density at radius 3 is 2.40 bits per heavy atom. The first-order chi connectivity index (χ1) is 22.3. The van der Waals surface area contributed by atoms with Gasteiger partial charge in [-0.1, -0.05) is 58.0 Å². The Bertz CT molecular complexity index is 1410. The van der Waals surface area contributed by atoms with Crippen molar-refractivity contribution in [2.45, 2.75) is 91.1 Å². The number of unbranched alkanes of at least 4 members (excludes halogenated alkanes) is 1. The van der Waals surface area contributed by atoms with Crippen LogP contribution in [0, 0.1) is 28.6 Å². The molecular weight excluding hydrogens is 592 g/mol. The van der Waals surface area contributed by atoms with Crippen molar-refractivity contribution in [1.29, 1.82) is 0 Å². The molecule has 8 atom stereocenters. The molecule has 0 radical (unpaired) electrons. The van der Waals surface area contributed by atoms with Crippen LogP contribution in [0.5, 0.6) is 0 Å². The highest BCUT2D eigenvalue weighted by molar-refractivity contribution is 5.95. The highest BCUT2D eigenvalue weighted by Crippen LogP contribution is 2.61. The van der Waals surface area contributed by atoms with Crippen molar-refractivity contribution in [2.24, 2.45) is 28.6 Å². The van der Waals surface area contributed by atoms with E-state index >= 15 is 0 Å². The van der Waals surface area contributed by atoms with Gasteiger partial charge < -0.3 is 25.7 Å². The van der Waals surface area contributed by atoms with Crippen molar-refractivity contribution in [3.8, 4) is 11.1 Å². The molecule has 47 heavy (non-hydrogen) atoms. The minimum atomic E-state index is -1.02. The van der Waals surface area contributed by atoms with E-state index in [0.29, 0.717) is 35.3 Å². The second-order valence-electron chi connectivity index (χ2n) is 15.4. The summed E-state index contributed by atoms with van der Waals surface area (Å²) in [6.45, 7) is 12.0. The maximum atomic E-state index is 14.2. The molecule has 4 aliphatic rings. The molecule has 2 bridgehead atoms. The second kappa shape index (κ2) is 14.3. The number of nitrogens with one attached hydrogen (secondary N) is 2. The van der Waals surface area contributed by atoms with Crippen molar-refractivity contribution >= 4 is 11.8 Å². The van der Waals surface area contributed by atoms with Crippen molar-refractivity contribution in [3.63, 3.8) is 0 Å². The number of carbonyl (C=O) groups excluding carboxylic acids is 2. The maximum absolute atomic E-state index is 14.2. The zero-order chi connectivity index (χ0) is 34.1. The number of benzene rings is 2. The summed E-state index contributed by atoms with van der Waals surface area (Å²) in [4.78, 5) is 35.5. The molecule has 3 saturated carbocycles. The van der Waals surface area contributed by atoms with Gasteiger partial charge in [-0.15, -0.1) is 0 Å². The van der Waals surface area contributed by atoms with Gasteiger partial charge in [0.25, 0.3) is 5.91 Å². The summed E-state index contributed by atoms with van der Waals surface area (Å²) in [5.41, 5.74) is 2.66. The Hall–Kier alpha value is -2.82. The number of hydrogen-bond acceptors (Lipinski definition) is 7. The molecule has 0 unspecified atom stereocenters. The Morgan fingerprint density at radius 2 is 1.77 bits per heavy atom. The summed E-state index contributed by atoms with van der Waals surface area (Å²) < 4.78 is 0. The Morgan fingerprint density at radius 1 is 1.06 bits per heavy atom. The van der Waals surface area contributed by atoms with Gasteiger partial charge in [-0.25, -0.2) is 0 Å². The SMILES string of the molecule is C[C@@H]1[C@@H](NC(=O)[C@H]2N(Cc3cccc(-c4cccc(C(=O)NCCCCN(C)C)c4)c3)O[C@@H](CO)[C@@]2(C)[C@H](C)O)C[C@H]2C[C@@H]1C2(C)C. The molecule has 1 heterocycles. The van der Waals surface area contributed by atoms with E-state index in [4.69, 9.17) is 4.84 Å². The van der Waals surface area contributed by atoms with E-state index in [1.54, 1.807) is 12.0 Å². The summed E-state index contributed by atoms with van der Waals surface area (Å²) in [5, 5.41) is 29.4. The van der Waals surface area contributed by atoms with Gasteiger partial charge in [0.15, 0.2) is 0 Å². The van der Waals surface area contributed by atoms with Crippen LogP contribution >= 0.6 is 0 Å². The fourth-order valence-corrected chi connectivity index (χ4v) is 8.42. The number of aliphatic hydroxyl groups excluding tert-OH is 2. The predicted molar refractivity (Wildman–Crippen MR) is 184 cm³/mol. The average Bonchev–Trinajstić information content (AvgIpc) is 3.33. The van der Waals surface area contributed by atoms with Gasteiger partial charge in [-0.3, -0.25) is 14.4 Å². The molecule has 3 aliphatic carbocycles. The standard InChI is InChI=1S/C38H56N4O5/c1-24-31-20-30(37(31,3)4)21-32(24)40-36(46)34-38(5,25(2)44)33(23-43)47-42(34)22-26-12-10-13-27(18-26)28-14-11-15-29(19-28)35(45)39-16-8-9-17-41(6)7/h10-15,18-19,24-25,30-34,43-44H,8-9,16-17,20-23H2,1-7H3,(H,39,45)(H,40,46)/t24-,25-,30+,31-,32-,33-,34+,38+/m0/s1. The van der Waals surface area contributed by atoms with E-state index in [1.807, 2.05) is 69.6 Å². The van der Waals surface area contributed by atoms with E-state index in [-0.39, 0.29) is 31.0 Å². The lowest BCUT2D eigenvalue weighted by atomic mass is 9.44.